The number of carbonyl (C=O) groups is 1. The molecule has 1 aromatic heterocycles. The highest BCUT2D eigenvalue weighted by Gasteiger charge is 2.20. The quantitative estimate of drug-likeness (QED) is 0.625. The molecule has 0 spiro atoms. The zero-order valence-electron chi connectivity index (χ0n) is 6.64. The van der Waals surface area contributed by atoms with Crippen molar-refractivity contribution in [3.05, 3.63) is 24.5 Å². The maximum atomic E-state index is 10.5. The van der Waals surface area contributed by atoms with Crippen LogP contribution >= 0.6 is 0 Å². The predicted molar refractivity (Wildman–Crippen MR) is 40.6 cm³/mol. The first-order valence-corrected chi connectivity index (χ1v) is 3.54. The van der Waals surface area contributed by atoms with Crippen LogP contribution in [0.1, 0.15) is 13.0 Å². The van der Waals surface area contributed by atoms with Crippen molar-refractivity contribution in [2.75, 3.05) is 0 Å². The lowest BCUT2D eigenvalue weighted by molar-refractivity contribution is -0.707. The number of hydrogen-bond donors (Lipinski definition) is 2. The molecule has 4 heteroatoms. The van der Waals surface area contributed by atoms with E-state index in [1.165, 1.54) is 16.8 Å². The molecule has 0 aliphatic carbocycles. The molecule has 4 nitrogen and oxygen atoms in total. The Kier molecular flexibility index (Phi) is 2.28. The lowest BCUT2D eigenvalue weighted by Gasteiger charge is -2.00. The zero-order chi connectivity index (χ0) is 9.14. The molecule has 1 unspecified atom stereocenters. The molecule has 64 valence electrons. The monoisotopic (exact) mass is 168 g/mol. The minimum absolute atomic E-state index is 0.0607. The van der Waals surface area contributed by atoms with Gasteiger partial charge in [-0.2, -0.15) is 4.57 Å². The fraction of sp³-hybridized carbons (Fsp3) is 0.250. The molecule has 1 rings (SSSR count). The first kappa shape index (κ1) is 8.52. The normalized spacial score (nSPS) is 12.4. The minimum Gasteiger partial charge on any atom is -0.503 e. The van der Waals surface area contributed by atoms with Gasteiger partial charge >= 0.3 is 5.97 Å². The molecule has 0 bridgehead atoms. The van der Waals surface area contributed by atoms with Gasteiger partial charge < -0.3 is 10.2 Å². The maximum Gasteiger partial charge on any atom is 0.373 e. The van der Waals surface area contributed by atoms with Crippen LogP contribution in [0.4, 0.5) is 0 Å². The summed E-state index contributed by atoms with van der Waals surface area (Å²) in [5.41, 5.74) is 0. The van der Waals surface area contributed by atoms with Crippen LogP contribution in [0.3, 0.4) is 0 Å². The highest BCUT2D eigenvalue weighted by molar-refractivity contribution is 5.69. The van der Waals surface area contributed by atoms with Gasteiger partial charge in [0, 0.05) is 13.0 Å². The summed E-state index contributed by atoms with van der Waals surface area (Å²) in [6, 6.07) is 2.43. The van der Waals surface area contributed by atoms with Gasteiger partial charge in [-0.15, -0.1) is 0 Å². The van der Waals surface area contributed by atoms with Crippen LogP contribution in [0.15, 0.2) is 24.5 Å². The molecule has 0 aliphatic heterocycles. The van der Waals surface area contributed by atoms with Crippen molar-refractivity contribution in [2.45, 2.75) is 13.0 Å². The Hall–Kier alpha value is -1.58. The summed E-state index contributed by atoms with van der Waals surface area (Å²) in [5, 5.41) is 17.7. The van der Waals surface area contributed by atoms with Crippen LogP contribution in [0.5, 0.6) is 5.75 Å². The standard InChI is InChI=1S/C8H9NO3/c1-6(8(11)12)9-4-2-3-7(10)5-9/h2-6H,1H3,(H-,10,11,12)/p+1. The van der Waals surface area contributed by atoms with E-state index in [1.807, 2.05) is 0 Å². The first-order chi connectivity index (χ1) is 5.61. The Balaban J connectivity index is 2.95. The van der Waals surface area contributed by atoms with Crippen LogP contribution in [-0.4, -0.2) is 16.2 Å². The van der Waals surface area contributed by atoms with E-state index in [2.05, 4.69) is 0 Å². The lowest BCUT2D eigenvalue weighted by atomic mass is 10.3. The number of aromatic nitrogens is 1. The number of nitrogens with zero attached hydrogens (tertiary/aromatic N) is 1. The Bertz CT molecular complexity index is 298. The molecule has 0 saturated heterocycles. The lowest BCUT2D eigenvalue weighted by Crippen LogP contribution is -2.41. The third kappa shape index (κ3) is 1.72. The predicted octanol–water partition coefficient (Wildman–Crippen LogP) is 0.325. The molecule has 1 aromatic rings. The van der Waals surface area contributed by atoms with Crippen molar-refractivity contribution in [1.82, 2.24) is 0 Å². The number of carboxylic acids is 1. The van der Waals surface area contributed by atoms with E-state index < -0.39 is 12.0 Å². The zero-order valence-corrected chi connectivity index (χ0v) is 6.64. The van der Waals surface area contributed by atoms with Crippen LogP contribution in [0, 0.1) is 0 Å². The minimum atomic E-state index is -0.925. The molecule has 0 aromatic carbocycles. The molecule has 0 amide bonds. The van der Waals surface area contributed by atoms with E-state index in [4.69, 9.17) is 10.2 Å². The Morgan fingerprint density at radius 2 is 2.33 bits per heavy atom. The van der Waals surface area contributed by atoms with Gasteiger partial charge in [-0.3, -0.25) is 0 Å². The molecular formula is C8H10NO3+. The first-order valence-electron chi connectivity index (χ1n) is 3.54. The van der Waals surface area contributed by atoms with Gasteiger partial charge in [0.05, 0.1) is 0 Å². The van der Waals surface area contributed by atoms with E-state index in [1.54, 1.807) is 19.2 Å². The van der Waals surface area contributed by atoms with Gasteiger partial charge in [-0.25, -0.2) is 4.79 Å². The summed E-state index contributed by atoms with van der Waals surface area (Å²) >= 11 is 0. The van der Waals surface area contributed by atoms with Gasteiger partial charge in [-0.05, 0) is 6.07 Å². The SMILES string of the molecule is CC(C(=O)O)[n+]1cccc(O)c1. The highest BCUT2D eigenvalue weighted by Crippen LogP contribution is 2.03. The molecular weight excluding hydrogens is 158 g/mol. The molecule has 1 heterocycles. The second-order valence-electron chi connectivity index (χ2n) is 2.52. The van der Waals surface area contributed by atoms with Gasteiger partial charge in [0.25, 0.3) is 6.04 Å². The smallest absolute Gasteiger partial charge is 0.373 e. The molecule has 1 atom stereocenters. The highest BCUT2D eigenvalue weighted by atomic mass is 16.4. The maximum absolute atomic E-state index is 10.5. The van der Waals surface area contributed by atoms with Crippen molar-refractivity contribution < 1.29 is 19.6 Å². The van der Waals surface area contributed by atoms with E-state index >= 15 is 0 Å². The third-order valence-corrected chi connectivity index (χ3v) is 1.61. The van der Waals surface area contributed by atoms with E-state index in [9.17, 15) is 4.79 Å². The molecule has 0 radical (unpaired) electrons. The molecule has 12 heavy (non-hydrogen) atoms. The van der Waals surface area contributed by atoms with Crippen molar-refractivity contribution in [1.29, 1.82) is 0 Å². The van der Waals surface area contributed by atoms with Crippen molar-refractivity contribution in [3.8, 4) is 5.75 Å². The van der Waals surface area contributed by atoms with Crippen LogP contribution in [0.2, 0.25) is 0 Å². The third-order valence-electron chi connectivity index (χ3n) is 1.61. The van der Waals surface area contributed by atoms with Crippen LogP contribution in [0.25, 0.3) is 0 Å². The summed E-state index contributed by atoms with van der Waals surface area (Å²) < 4.78 is 1.43. The summed E-state index contributed by atoms with van der Waals surface area (Å²) in [7, 11) is 0. The number of aromatic hydroxyl groups is 1. The number of pyridine rings is 1. The molecule has 0 aliphatic rings. The Labute approximate surface area is 69.7 Å². The van der Waals surface area contributed by atoms with Crippen molar-refractivity contribution in [3.63, 3.8) is 0 Å². The van der Waals surface area contributed by atoms with Crippen LogP contribution < -0.4 is 4.57 Å². The number of aliphatic carboxylic acids is 1. The topological polar surface area (TPSA) is 61.4 Å². The van der Waals surface area contributed by atoms with Gasteiger partial charge in [-0.1, -0.05) is 0 Å². The van der Waals surface area contributed by atoms with E-state index in [0.29, 0.717) is 0 Å². The van der Waals surface area contributed by atoms with E-state index in [-0.39, 0.29) is 5.75 Å². The summed E-state index contributed by atoms with van der Waals surface area (Å²) in [6.45, 7) is 1.54. The molecule has 0 saturated carbocycles. The van der Waals surface area contributed by atoms with E-state index in [0.717, 1.165) is 0 Å². The fourth-order valence-electron chi connectivity index (χ4n) is 0.848. The Morgan fingerprint density at radius 3 is 2.83 bits per heavy atom. The van der Waals surface area contributed by atoms with Gasteiger partial charge in [0.2, 0.25) is 6.20 Å². The largest absolute Gasteiger partial charge is 0.503 e. The fourth-order valence-corrected chi connectivity index (χ4v) is 0.848. The van der Waals surface area contributed by atoms with Crippen molar-refractivity contribution in [2.24, 2.45) is 0 Å². The Morgan fingerprint density at radius 1 is 1.67 bits per heavy atom. The number of rotatable bonds is 2. The number of carboxylic acid groups (broad SMARTS) is 1. The second-order valence-corrected chi connectivity index (χ2v) is 2.52. The average molecular weight is 168 g/mol. The molecule has 0 fully saturated rings. The van der Waals surface area contributed by atoms with Crippen molar-refractivity contribution >= 4 is 5.97 Å². The average Bonchev–Trinajstić information content (AvgIpc) is 2.03. The van der Waals surface area contributed by atoms with Gasteiger partial charge in [0.1, 0.15) is 0 Å². The summed E-state index contributed by atoms with van der Waals surface area (Å²) in [5.74, 6) is -0.865. The van der Waals surface area contributed by atoms with Gasteiger partial charge in [0.15, 0.2) is 11.9 Å². The number of hydrogen-bond acceptors (Lipinski definition) is 2. The summed E-state index contributed by atoms with van der Waals surface area (Å²) in [6.07, 6.45) is 2.97. The summed E-state index contributed by atoms with van der Waals surface area (Å²) in [4.78, 5) is 10.5. The second kappa shape index (κ2) is 3.21. The van der Waals surface area contributed by atoms with Crippen LogP contribution in [-0.2, 0) is 4.79 Å². The molecule has 2 N–H and O–H groups in total.